The molecule has 0 heterocycles. The van der Waals surface area contributed by atoms with Crippen molar-refractivity contribution in [2.75, 3.05) is 23.9 Å². The normalized spacial score (nSPS) is 11.6. The van der Waals surface area contributed by atoms with Crippen LogP contribution in [0.5, 0.6) is 0 Å². The Morgan fingerprint density at radius 1 is 0.548 bits per heavy atom. The number of carbonyl (C=O) groups excluding carboxylic acids is 2. The van der Waals surface area contributed by atoms with Gasteiger partial charge in [0.25, 0.3) is 11.8 Å². The lowest BCUT2D eigenvalue weighted by Crippen LogP contribution is -2.27. The Morgan fingerprint density at radius 3 is 1.17 bits per heavy atom. The molecule has 4 N–H and O–H groups in total. The molecule has 0 aromatic heterocycles. The zero-order valence-electron chi connectivity index (χ0n) is 22.4. The van der Waals surface area contributed by atoms with Crippen LogP contribution >= 0.6 is 21.6 Å². The van der Waals surface area contributed by atoms with E-state index in [9.17, 15) is 26.4 Å². The van der Waals surface area contributed by atoms with Crippen LogP contribution in [-0.2, 0) is 20.0 Å². The van der Waals surface area contributed by atoms with Crippen molar-refractivity contribution in [1.82, 2.24) is 0 Å². The predicted molar refractivity (Wildman–Crippen MR) is 166 cm³/mol. The van der Waals surface area contributed by atoms with Crippen molar-refractivity contribution in [1.29, 1.82) is 0 Å². The summed E-state index contributed by atoms with van der Waals surface area (Å²) in [6.45, 7) is 0. The Bertz CT molecular complexity index is 1710. The fraction of sp³-hybridized carbons (Fsp3) is 0.0714. The molecule has 0 saturated heterocycles. The zero-order valence-corrected chi connectivity index (χ0v) is 25.6. The third-order valence-electron chi connectivity index (χ3n) is 6.17. The number of benzene rings is 4. The molecule has 0 aliphatic heterocycles. The molecular formula is C28H26N4O6S4. The summed E-state index contributed by atoms with van der Waals surface area (Å²) in [7, 11) is -1.92. The van der Waals surface area contributed by atoms with E-state index in [0.717, 1.165) is 0 Å². The highest BCUT2D eigenvalue weighted by Crippen LogP contribution is 2.41. The second kappa shape index (κ2) is 12.7. The van der Waals surface area contributed by atoms with Gasteiger partial charge in [0.2, 0.25) is 20.0 Å². The number of carbonyl (C=O) groups is 2. The Labute approximate surface area is 252 Å². The Morgan fingerprint density at radius 2 is 0.857 bits per heavy atom. The number of rotatable bonds is 9. The summed E-state index contributed by atoms with van der Waals surface area (Å²) >= 11 is 0. The largest absolute Gasteiger partial charge is 0.311 e. The SMILES string of the molecule is CN(C(=O)c1ccccc1SSc1ccccc1C(=O)N(C)c1ccc(S(N)(=O)=O)cc1)c1ccc(S(N)(=O)=O)cc1. The molecule has 4 aromatic rings. The van der Waals surface area contributed by atoms with E-state index in [1.54, 1.807) is 62.6 Å². The molecule has 0 atom stereocenters. The number of sulfonamides is 2. The summed E-state index contributed by atoms with van der Waals surface area (Å²) in [5, 5.41) is 10.3. The van der Waals surface area contributed by atoms with Gasteiger partial charge in [0.15, 0.2) is 0 Å². The second-order valence-electron chi connectivity index (χ2n) is 8.97. The maximum Gasteiger partial charge on any atom is 0.259 e. The van der Waals surface area contributed by atoms with Crippen molar-refractivity contribution in [3.8, 4) is 0 Å². The van der Waals surface area contributed by atoms with E-state index in [1.165, 1.54) is 79.9 Å². The minimum absolute atomic E-state index is 0.0566. The molecule has 14 heteroatoms. The van der Waals surface area contributed by atoms with Gasteiger partial charge in [-0.15, -0.1) is 0 Å². The van der Waals surface area contributed by atoms with Crippen LogP contribution in [0.25, 0.3) is 0 Å². The molecule has 0 unspecified atom stereocenters. The van der Waals surface area contributed by atoms with Gasteiger partial charge in [-0.05, 0) is 72.8 Å². The van der Waals surface area contributed by atoms with E-state index in [1.807, 2.05) is 0 Å². The fourth-order valence-electron chi connectivity index (χ4n) is 3.84. The highest BCUT2D eigenvalue weighted by atomic mass is 33.1. The standard InChI is InChI=1S/C28H26N4O6S4/c1-31(19-11-15-21(16-12-19)41(29,35)36)27(33)23-7-3-5-9-25(23)39-40-26-10-6-4-8-24(26)28(34)32(2)20-13-17-22(18-14-20)42(30,37)38/h3-18H,1-2H3,(H2,29,35,36)(H2,30,37,38). The zero-order chi connectivity index (χ0) is 30.7. The maximum atomic E-state index is 13.4. The number of nitrogens with zero attached hydrogens (tertiary/aromatic N) is 2. The molecule has 2 amide bonds. The van der Waals surface area contributed by atoms with Gasteiger partial charge in [0, 0.05) is 35.3 Å². The molecule has 0 radical (unpaired) electrons. The summed E-state index contributed by atoms with van der Waals surface area (Å²) in [6.07, 6.45) is 0. The van der Waals surface area contributed by atoms with Crippen LogP contribution in [0, 0.1) is 0 Å². The lowest BCUT2D eigenvalue weighted by molar-refractivity contribution is 0.0982. The van der Waals surface area contributed by atoms with Crippen molar-refractivity contribution in [3.63, 3.8) is 0 Å². The molecule has 218 valence electrons. The van der Waals surface area contributed by atoms with Gasteiger partial charge in [-0.1, -0.05) is 45.9 Å². The highest BCUT2D eigenvalue weighted by molar-refractivity contribution is 8.76. The van der Waals surface area contributed by atoms with E-state index in [4.69, 9.17) is 10.3 Å². The van der Waals surface area contributed by atoms with Gasteiger partial charge in [-0.3, -0.25) is 9.59 Å². The van der Waals surface area contributed by atoms with E-state index >= 15 is 0 Å². The van der Waals surface area contributed by atoms with E-state index < -0.39 is 20.0 Å². The van der Waals surface area contributed by atoms with Crippen molar-refractivity contribution >= 4 is 64.8 Å². The van der Waals surface area contributed by atoms with Crippen LogP contribution in [0.2, 0.25) is 0 Å². The molecule has 4 rings (SSSR count). The van der Waals surface area contributed by atoms with Gasteiger partial charge >= 0.3 is 0 Å². The average Bonchev–Trinajstić information content (AvgIpc) is 2.98. The first-order valence-electron chi connectivity index (χ1n) is 12.1. The second-order valence-corrected chi connectivity index (χ2v) is 14.3. The molecule has 0 bridgehead atoms. The fourth-order valence-corrected chi connectivity index (χ4v) is 7.22. The monoisotopic (exact) mass is 642 g/mol. The first kappa shape index (κ1) is 31.3. The van der Waals surface area contributed by atoms with Crippen LogP contribution in [0.15, 0.2) is 117 Å². The molecule has 4 aromatic carbocycles. The number of amides is 2. The topological polar surface area (TPSA) is 161 Å². The van der Waals surface area contributed by atoms with E-state index in [-0.39, 0.29) is 21.6 Å². The molecule has 0 aliphatic rings. The van der Waals surface area contributed by atoms with E-state index in [2.05, 4.69) is 0 Å². The summed E-state index contributed by atoms with van der Waals surface area (Å²) in [4.78, 5) is 30.9. The number of anilines is 2. The van der Waals surface area contributed by atoms with Gasteiger partial charge in [0.1, 0.15) is 0 Å². The van der Waals surface area contributed by atoms with Gasteiger partial charge < -0.3 is 9.80 Å². The maximum absolute atomic E-state index is 13.4. The molecule has 0 aliphatic carbocycles. The minimum atomic E-state index is -3.86. The Balaban J connectivity index is 1.53. The molecule has 0 saturated carbocycles. The summed E-state index contributed by atoms with van der Waals surface area (Å²) < 4.78 is 46.3. The van der Waals surface area contributed by atoms with E-state index in [0.29, 0.717) is 32.3 Å². The molecule has 42 heavy (non-hydrogen) atoms. The van der Waals surface area contributed by atoms with Crippen LogP contribution in [0.1, 0.15) is 20.7 Å². The molecule has 10 nitrogen and oxygen atoms in total. The average molecular weight is 643 g/mol. The smallest absolute Gasteiger partial charge is 0.259 e. The first-order valence-corrected chi connectivity index (χ1v) is 17.4. The van der Waals surface area contributed by atoms with Crippen molar-refractivity contribution in [3.05, 3.63) is 108 Å². The van der Waals surface area contributed by atoms with Crippen molar-refractivity contribution in [2.24, 2.45) is 10.3 Å². The minimum Gasteiger partial charge on any atom is -0.311 e. The number of hydrogen-bond acceptors (Lipinski definition) is 8. The molecular weight excluding hydrogens is 617 g/mol. The van der Waals surface area contributed by atoms with Crippen LogP contribution in [0.3, 0.4) is 0 Å². The third kappa shape index (κ3) is 7.21. The summed E-state index contributed by atoms with van der Waals surface area (Å²) in [6, 6.07) is 25.4. The lowest BCUT2D eigenvalue weighted by Gasteiger charge is -2.20. The Kier molecular flexibility index (Phi) is 9.45. The van der Waals surface area contributed by atoms with Gasteiger partial charge in [-0.25, -0.2) is 27.1 Å². The number of primary sulfonamides is 2. The summed E-state index contributed by atoms with van der Waals surface area (Å²) in [5.41, 5.74) is 1.81. The van der Waals surface area contributed by atoms with Crippen LogP contribution in [-0.4, -0.2) is 42.7 Å². The number of nitrogens with two attached hydrogens (primary N) is 2. The van der Waals surface area contributed by atoms with Crippen LogP contribution in [0.4, 0.5) is 11.4 Å². The lowest BCUT2D eigenvalue weighted by atomic mass is 10.2. The van der Waals surface area contributed by atoms with Crippen molar-refractivity contribution < 1.29 is 26.4 Å². The molecule has 0 spiro atoms. The predicted octanol–water partition coefficient (Wildman–Crippen LogP) is 4.33. The number of hydrogen-bond donors (Lipinski definition) is 2. The Hall–Kier alpha value is -3.66. The van der Waals surface area contributed by atoms with Gasteiger partial charge in [0.05, 0.1) is 20.9 Å². The first-order chi connectivity index (χ1) is 19.8. The van der Waals surface area contributed by atoms with Crippen LogP contribution < -0.4 is 20.1 Å². The summed E-state index contributed by atoms with van der Waals surface area (Å²) in [5.74, 6) is -0.622. The highest BCUT2D eigenvalue weighted by Gasteiger charge is 2.21. The van der Waals surface area contributed by atoms with Gasteiger partial charge in [-0.2, -0.15) is 0 Å². The third-order valence-corrected chi connectivity index (χ3v) is 10.5. The van der Waals surface area contributed by atoms with Crippen molar-refractivity contribution in [2.45, 2.75) is 19.6 Å². The quantitative estimate of drug-likeness (QED) is 0.255. The molecule has 0 fully saturated rings.